The second kappa shape index (κ2) is 4.73. The van der Waals surface area contributed by atoms with Gasteiger partial charge >= 0.3 is 5.97 Å². The largest absolute Gasteiger partial charge is 0.464 e. The monoisotopic (exact) mass is 283 g/mol. The fourth-order valence-corrected chi connectivity index (χ4v) is 2.08. The number of hydrogen-bond acceptors (Lipinski definition) is 4. The first-order valence-electron chi connectivity index (χ1n) is 6.09. The summed E-state index contributed by atoms with van der Waals surface area (Å²) in [5.41, 5.74) is 5.01. The first-order valence-corrected chi connectivity index (χ1v) is 6.09. The highest BCUT2D eigenvalue weighted by atomic mass is 19.2. The Morgan fingerprint density at radius 2 is 2.00 bits per heavy atom. The number of fused-ring (bicyclic) bond motifs is 1. The number of aromatic nitrogens is 2. The predicted molar refractivity (Wildman–Crippen MR) is 70.0 cm³/mol. The van der Waals surface area contributed by atoms with Gasteiger partial charge in [-0.2, -0.15) is 0 Å². The van der Waals surface area contributed by atoms with E-state index >= 15 is 0 Å². The van der Waals surface area contributed by atoms with Gasteiger partial charge < -0.3 is 10.5 Å². The number of esters is 1. The van der Waals surface area contributed by atoms with Gasteiger partial charge in [0.05, 0.1) is 17.6 Å². The number of hydrogen-bond donors (Lipinski definition) is 1. The number of ether oxygens (including phenoxy) is 1. The summed E-state index contributed by atoms with van der Waals surface area (Å²) < 4.78 is 32.9. The Labute approximate surface area is 114 Å². The molecule has 5 nitrogen and oxygen atoms in total. The van der Waals surface area contributed by atoms with E-state index in [0.29, 0.717) is 0 Å². The van der Waals surface area contributed by atoms with Crippen LogP contribution >= 0.6 is 0 Å². The molecule has 7 heteroatoms. The standard InChI is InChI=1S/C13H15F2N3O2/c1-4-20-11(19)13(2,3)18-10-6-8(15)7(14)5-9(10)17-12(18)16/h5-6H,4H2,1-3H3,(H2,16,17). The number of halogens is 2. The molecule has 1 heterocycles. The second-order valence-electron chi connectivity index (χ2n) is 4.84. The summed E-state index contributed by atoms with van der Waals surface area (Å²) in [6.45, 7) is 5.03. The van der Waals surface area contributed by atoms with Crippen LogP contribution in [0.2, 0.25) is 0 Å². The predicted octanol–water partition coefficient (Wildman–Crippen LogP) is 2.19. The van der Waals surface area contributed by atoms with Crippen LogP contribution in [-0.4, -0.2) is 22.1 Å². The number of carbonyl (C=O) groups excluding carboxylic acids is 1. The van der Waals surface area contributed by atoms with Gasteiger partial charge in [0.1, 0.15) is 5.54 Å². The third kappa shape index (κ3) is 2.09. The van der Waals surface area contributed by atoms with Gasteiger partial charge in [0.15, 0.2) is 11.6 Å². The molecule has 108 valence electrons. The van der Waals surface area contributed by atoms with Crippen molar-refractivity contribution in [2.75, 3.05) is 12.3 Å². The van der Waals surface area contributed by atoms with Crippen molar-refractivity contribution >= 4 is 23.0 Å². The van der Waals surface area contributed by atoms with E-state index in [1.165, 1.54) is 4.57 Å². The van der Waals surface area contributed by atoms with E-state index < -0.39 is 23.1 Å². The summed E-state index contributed by atoms with van der Waals surface area (Å²) in [5, 5.41) is 0. The van der Waals surface area contributed by atoms with Gasteiger partial charge in [-0.25, -0.2) is 18.6 Å². The van der Waals surface area contributed by atoms with Crippen LogP contribution in [-0.2, 0) is 15.1 Å². The fraction of sp³-hybridized carbons (Fsp3) is 0.385. The van der Waals surface area contributed by atoms with E-state index in [1.807, 2.05) is 0 Å². The number of rotatable bonds is 3. The van der Waals surface area contributed by atoms with Crippen LogP contribution in [0.5, 0.6) is 0 Å². The SMILES string of the molecule is CCOC(=O)C(C)(C)n1c(N)nc2cc(F)c(F)cc21. The number of nitrogens with zero attached hydrogens (tertiary/aromatic N) is 2. The minimum Gasteiger partial charge on any atom is -0.464 e. The molecule has 0 aliphatic heterocycles. The summed E-state index contributed by atoms with van der Waals surface area (Å²) in [6, 6.07) is 1.91. The maximum Gasteiger partial charge on any atom is 0.331 e. The maximum atomic E-state index is 13.4. The van der Waals surface area contributed by atoms with Crippen molar-refractivity contribution in [3.05, 3.63) is 23.8 Å². The molecule has 0 atom stereocenters. The number of nitrogen functional groups attached to an aromatic ring is 1. The van der Waals surface area contributed by atoms with Crippen molar-refractivity contribution in [1.82, 2.24) is 9.55 Å². The van der Waals surface area contributed by atoms with Gasteiger partial charge in [0.2, 0.25) is 5.95 Å². The smallest absolute Gasteiger partial charge is 0.331 e. The Morgan fingerprint density at radius 1 is 1.40 bits per heavy atom. The van der Waals surface area contributed by atoms with E-state index in [1.54, 1.807) is 20.8 Å². The molecule has 0 aliphatic carbocycles. The molecule has 2 rings (SSSR count). The molecule has 0 aliphatic rings. The molecular weight excluding hydrogens is 268 g/mol. The highest BCUT2D eigenvalue weighted by Gasteiger charge is 2.34. The Kier molecular flexibility index (Phi) is 3.37. The summed E-state index contributed by atoms with van der Waals surface area (Å²) in [6.07, 6.45) is 0. The van der Waals surface area contributed by atoms with Crippen molar-refractivity contribution in [2.45, 2.75) is 26.3 Å². The van der Waals surface area contributed by atoms with Crippen LogP contribution in [0.15, 0.2) is 12.1 Å². The summed E-state index contributed by atoms with van der Waals surface area (Å²) in [7, 11) is 0. The molecule has 0 spiro atoms. The normalized spacial score (nSPS) is 11.8. The van der Waals surface area contributed by atoms with Crippen LogP contribution in [0.4, 0.5) is 14.7 Å². The highest BCUT2D eigenvalue weighted by Crippen LogP contribution is 2.29. The highest BCUT2D eigenvalue weighted by molar-refractivity contribution is 5.85. The lowest BCUT2D eigenvalue weighted by atomic mass is 10.1. The fourth-order valence-electron chi connectivity index (χ4n) is 2.08. The Hall–Kier alpha value is -2.18. The molecule has 0 unspecified atom stereocenters. The lowest BCUT2D eigenvalue weighted by Gasteiger charge is -2.25. The Bertz CT molecular complexity index is 680. The van der Waals surface area contributed by atoms with Crippen LogP contribution in [0.25, 0.3) is 11.0 Å². The van der Waals surface area contributed by atoms with E-state index in [2.05, 4.69) is 4.98 Å². The van der Waals surface area contributed by atoms with Crippen molar-refractivity contribution in [2.24, 2.45) is 0 Å². The first kappa shape index (κ1) is 14.2. The molecule has 0 saturated heterocycles. The van der Waals surface area contributed by atoms with Crippen molar-refractivity contribution < 1.29 is 18.3 Å². The zero-order chi connectivity index (χ0) is 15.1. The first-order chi connectivity index (χ1) is 9.28. The molecule has 1 aromatic heterocycles. The summed E-state index contributed by atoms with van der Waals surface area (Å²) in [5.74, 6) is -2.59. The zero-order valence-corrected chi connectivity index (χ0v) is 11.4. The van der Waals surface area contributed by atoms with Crippen molar-refractivity contribution in [1.29, 1.82) is 0 Å². The Balaban J connectivity index is 2.67. The Morgan fingerprint density at radius 3 is 2.60 bits per heavy atom. The van der Waals surface area contributed by atoms with Gasteiger partial charge in [-0.3, -0.25) is 4.57 Å². The lowest BCUT2D eigenvalue weighted by molar-refractivity contribution is -0.151. The van der Waals surface area contributed by atoms with Crippen molar-refractivity contribution in [3.63, 3.8) is 0 Å². The molecule has 0 fully saturated rings. The maximum absolute atomic E-state index is 13.4. The van der Waals surface area contributed by atoms with E-state index in [0.717, 1.165) is 12.1 Å². The van der Waals surface area contributed by atoms with Gasteiger partial charge in [-0.15, -0.1) is 0 Å². The van der Waals surface area contributed by atoms with E-state index in [9.17, 15) is 13.6 Å². The third-order valence-corrected chi connectivity index (χ3v) is 3.06. The molecule has 1 aromatic carbocycles. The van der Waals surface area contributed by atoms with Gasteiger partial charge in [0.25, 0.3) is 0 Å². The minimum absolute atomic E-state index is 0.0111. The molecule has 0 amide bonds. The van der Waals surface area contributed by atoms with Crippen molar-refractivity contribution in [3.8, 4) is 0 Å². The van der Waals surface area contributed by atoms with E-state index in [4.69, 9.17) is 10.5 Å². The zero-order valence-electron chi connectivity index (χ0n) is 11.4. The average Bonchev–Trinajstić information content (AvgIpc) is 2.66. The molecule has 0 saturated carbocycles. The lowest BCUT2D eigenvalue weighted by Crippen LogP contribution is -2.38. The second-order valence-corrected chi connectivity index (χ2v) is 4.84. The number of imidazole rings is 1. The third-order valence-electron chi connectivity index (χ3n) is 3.06. The summed E-state index contributed by atoms with van der Waals surface area (Å²) in [4.78, 5) is 16.0. The molecule has 2 N–H and O–H groups in total. The van der Waals surface area contributed by atoms with Gasteiger partial charge in [0, 0.05) is 12.1 Å². The topological polar surface area (TPSA) is 70.1 Å². The van der Waals surface area contributed by atoms with Gasteiger partial charge in [-0.1, -0.05) is 0 Å². The van der Waals surface area contributed by atoms with Crippen LogP contribution in [0, 0.1) is 11.6 Å². The molecule has 0 radical (unpaired) electrons. The van der Waals surface area contributed by atoms with Crippen LogP contribution in [0.3, 0.4) is 0 Å². The molecule has 0 bridgehead atoms. The number of benzene rings is 1. The van der Waals surface area contributed by atoms with Gasteiger partial charge in [-0.05, 0) is 20.8 Å². The van der Waals surface area contributed by atoms with Crippen LogP contribution in [0.1, 0.15) is 20.8 Å². The molecular formula is C13H15F2N3O2. The average molecular weight is 283 g/mol. The minimum atomic E-state index is -1.18. The summed E-state index contributed by atoms with van der Waals surface area (Å²) >= 11 is 0. The number of anilines is 1. The molecule has 2 aromatic rings. The quantitative estimate of drug-likeness (QED) is 0.877. The molecule has 20 heavy (non-hydrogen) atoms. The number of carbonyl (C=O) groups is 1. The number of nitrogens with two attached hydrogens (primary N) is 1. The van der Waals surface area contributed by atoms with E-state index in [-0.39, 0.29) is 23.6 Å². The van der Waals surface area contributed by atoms with Crippen LogP contribution < -0.4 is 5.73 Å².